The first kappa shape index (κ1) is 19.6. The Morgan fingerprint density at radius 2 is 1.84 bits per heavy atom. The van der Waals surface area contributed by atoms with E-state index in [0.717, 1.165) is 12.8 Å². The van der Waals surface area contributed by atoms with Crippen LogP contribution in [0.2, 0.25) is 0 Å². The number of nitrogens with two attached hydrogens (primary N) is 1. The molecule has 2 aromatic carbocycles. The molecule has 2 rings (SSSR count). The van der Waals surface area contributed by atoms with Gasteiger partial charge in [-0.3, -0.25) is 0 Å². The van der Waals surface area contributed by atoms with Crippen molar-refractivity contribution in [2.24, 2.45) is 5.14 Å². The largest absolute Gasteiger partial charge is 0.387 e. The number of rotatable bonds is 8. The molecule has 5 nitrogen and oxygen atoms in total. The van der Waals surface area contributed by atoms with E-state index in [1.165, 1.54) is 11.6 Å². The van der Waals surface area contributed by atoms with Gasteiger partial charge in [0.2, 0.25) is 10.0 Å². The van der Waals surface area contributed by atoms with Crippen LogP contribution in [0.15, 0.2) is 53.4 Å². The highest BCUT2D eigenvalue weighted by atomic mass is 32.2. The lowest BCUT2D eigenvalue weighted by Gasteiger charge is -2.18. The molecular formula is C19H26N2O3S. The number of hydrogen-bond acceptors (Lipinski definition) is 4. The number of nitrogens with one attached hydrogen (secondary N) is 1. The van der Waals surface area contributed by atoms with Crippen LogP contribution in [-0.2, 0) is 16.4 Å². The van der Waals surface area contributed by atoms with Gasteiger partial charge in [-0.15, -0.1) is 0 Å². The molecule has 4 N–H and O–H groups in total. The molecule has 6 heteroatoms. The van der Waals surface area contributed by atoms with Gasteiger partial charge in [0, 0.05) is 12.6 Å². The lowest BCUT2D eigenvalue weighted by Crippen LogP contribution is -2.31. The highest BCUT2D eigenvalue weighted by Crippen LogP contribution is 2.20. The number of aliphatic hydroxyl groups is 1. The van der Waals surface area contributed by atoms with Gasteiger partial charge in [0.05, 0.1) is 11.0 Å². The summed E-state index contributed by atoms with van der Waals surface area (Å²) >= 11 is 0. The fourth-order valence-corrected chi connectivity index (χ4v) is 3.51. The van der Waals surface area contributed by atoms with E-state index >= 15 is 0 Å². The molecule has 2 aromatic rings. The van der Waals surface area contributed by atoms with Gasteiger partial charge in [0.25, 0.3) is 0 Å². The molecule has 0 saturated heterocycles. The zero-order chi connectivity index (χ0) is 18.4. The maximum absolute atomic E-state index is 11.6. The minimum absolute atomic E-state index is 0.0566. The summed E-state index contributed by atoms with van der Waals surface area (Å²) in [6.07, 6.45) is 1.12. The molecule has 0 aromatic heterocycles. The zero-order valence-electron chi connectivity index (χ0n) is 14.6. The van der Waals surface area contributed by atoms with Crippen molar-refractivity contribution in [2.45, 2.75) is 43.7 Å². The maximum atomic E-state index is 11.6. The Balaban J connectivity index is 1.90. The van der Waals surface area contributed by atoms with Crippen molar-refractivity contribution in [1.82, 2.24) is 5.32 Å². The monoisotopic (exact) mass is 362 g/mol. The van der Waals surface area contributed by atoms with Gasteiger partial charge in [0.1, 0.15) is 0 Å². The third-order valence-corrected chi connectivity index (χ3v) is 5.32. The van der Waals surface area contributed by atoms with E-state index in [2.05, 4.69) is 24.4 Å². The predicted molar refractivity (Wildman–Crippen MR) is 99.7 cm³/mol. The summed E-state index contributed by atoms with van der Waals surface area (Å²) in [5.74, 6) is 0. The van der Waals surface area contributed by atoms with Crippen LogP contribution in [0.5, 0.6) is 0 Å². The Morgan fingerprint density at radius 1 is 1.16 bits per heavy atom. The van der Waals surface area contributed by atoms with Crippen molar-refractivity contribution in [1.29, 1.82) is 0 Å². The zero-order valence-corrected chi connectivity index (χ0v) is 15.5. The second kappa shape index (κ2) is 8.58. The Kier molecular flexibility index (Phi) is 6.72. The minimum atomic E-state index is -3.79. The molecular weight excluding hydrogens is 336 g/mol. The van der Waals surface area contributed by atoms with E-state index in [0.29, 0.717) is 17.7 Å². The van der Waals surface area contributed by atoms with Crippen molar-refractivity contribution in [3.8, 4) is 0 Å². The molecule has 0 fully saturated rings. The third-order valence-electron chi connectivity index (χ3n) is 4.27. The van der Waals surface area contributed by atoms with Gasteiger partial charge < -0.3 is 10.4 Å². The molecule has 25 heavy (non-hydrogen) atoms. The SMILES string of the molecule is Cc1ccc(C(O)CNC(C)CCc2ccccc2)cc1S(N)(=O)=O. The highest BCUT2D eigenvalue weighted by molar-refractivity contribution is 7.89. The van der Waals surface area contributed by atoms with Gasteiger partial charge in [-0.25, -0.2) is 13.6 Å². The van der Waals surface area contributed by atoms with Crippen molar-refractivity contribution >= 4 is 10.0 Å². The average molecular weight is 362 g/mol. The molecule has 0 aliphatic heterocycles. The summed E-state index contributed by atoms with van der Waals surface area (Å²) in [6.45, 7) is 4.10. The lowest BCUT2D eigenvalue weighted by molar-refractivity contribution is 0.170. The molecule has 0 aliphatic carbocycles. The smallest absolute Gasteiger partial charge is 0.238 e. The summed E-state index contributed by atoms with van der Waals surface area (Å²) in [4.78, 5) is 0.0566. The van der Waals surface area contributed by atoms with Crippen LogP contribution in [0, 0.1) is 6.92 Å². The number of hydrogen-bond donors (Lipinski definition) is 3. The van der Waals surface area contributed by atoms with E-state index in [1.807, 2.05) is 18.2 Å². The first-order chi connectivity index (χ1) is 11.8. The van der Waals surface area contributed by atoms with Crippen molar-refractivity contribution in [3.05, 3.63) is 65.2 Å². The van der Waals surface area contributed by atoms with Crippen LogP contribution in [-0.4, -0.2) is 26.1 Å². The summed E-state index contributed by atoms with van der Waals surface area (Å²) in [5, 5.41) is 18.8. The molecule has 136 valence electrons. The molecule has 0 heterocycles. The van der Waals surface area contributed by atoms with Crippen molar-refractivity contribution in [2.75, 3.05) is 6.54 Å². The Morgan fingerprint density at radius 3 is 2.48 bits per heavy atom. The molecule has 0 bridgehead atoms. The van der Waals surface area contributed by atoms with Gasteiger partial charge in [-0.1, -0.05) is 42.5 Å². The average Bonchev–Trinajstić information content (AvgIpc) is 2.58. The van der Waals surface area contributed by atoms with Crippen molar-refractivity contribution in [3.63, 3.8) is 0 Å². The van der Waals surface area contributed by atoms with Crippen LogP contribution < -0.4 is 10.5 Å². The van der Waals surface area contributed by atoms with Crippen LogP contribution in [0.25, 0.3) is 0 Å². The Labute approximate surface area is 149 Å². The lowest BCUT2D eigenvalue weighted by atomic mass is 10.0. The quantitative estimate of drug-likeness (QED) is 0.672. The van der Waals surface area contributed by atoms with Crippen LogP contribution in [0.1, 0.15) is 36.1 Å². The normalized spacial score (nSPS) is 14.2. The Hall–Kier alpha value is -1.73. The van der Waals surface area contributed by atoms with Crippen LogP contribution >= 0.6 is 0 Å². The molecule has 0 aliphatic rings. The second-order valence-electron chi connectivity index (χ2n) is 6.42. The molecule has 0 saturated carbocycles. The van der Waals surface area contributed by atoms with Crippen LogP contribution in [0.4, 0.5) is 0 Å². The van der Waals surface area contributed by atoms with E-state index in [9.17, 15) is 13.5 Å². The van der Waals surface area contributed by atoms with Gasteiger partial charge in [-0.2, -0.15) is 0 Å². The number of aliphatic hydroxyl groups excluding tert-OH is 1. The second-order valence-corrected chi connectivity index (χ2v) is 7.95. The fourth-order valence-electron chi connectivity index (χ4n) is 2.69. The summed E-state index contributed by atoms with van der Waals surface area (Å²) in [5.41, 5.74) is 2.40. The summed E-state index contributed by atoms with van der Waals surface area (Å²) < 4.78 is 23.2. The molecule has 0 radical (unpaired) electrons. The van der Waals surface area contributed by atoms with E-state index in [1.54, 1.807) is 19.1 Å². The first-order valence-electron chi connectivity index (χ1n) is 8.36. The number of sulfonamides is 1. The van der Waals surface area contributed by atoms with Crippen LogP contribution in [0.3, 0.4) is 0 Å². The topological polar surface area (TPSA) is 92.4 Å². The highest BCUT2D eigenvalue weighted by Gasteiger charge is 2.16. The minimum Gasteiger partial charge on any atom is -0.387 e. The van der Waals surface area contributed by atoms with Crippen molar-refractivity contribution < 1.29 is 13.5 Å². The number of benzene rings is 2. The van der Waals surface area contributed by atoms with E-state index < -0.39 is 16.1 Å². The standard InChI is InChI=1S/C19H26N2O3S/c1-14-8-11-17(12-19(14)25(20,23)24)18(22)13-21-15(2)9-10-16-6-4-3-5-7-16/h3-8,11-12,15,18,21-22H,9-10,13H2,1-2H3,(H2,20,23,24). The molecule has 2 atom stereocenters. The number of primary sulfonamides is 1. The maximum Gasteiger partial charge on any atom is 0.238 e. The Bertz CT molecular complexity index is 792. The molecule has 2 unspecified atom stereocenters. The third kappa shape index (κ3) is 5.93. The van der Waals surface area contributed by atoms with E-state index in [4.69, 9.17) is 5.14 Å². The number of aryl methyl sites for hydroxylation is 2. The summed E-state index contributed by atoms with van der Waals surface area (Å²) in [7, 11) is -3.79. The molecule has 0 spiro atoms. The fraction of sp³-hybridized carbons (Fsp3) is 0.368. The van der Waals surface area contributed by atoms with Gasteiger partial charge in [-0.05, 0) is 49.4 Å². The first-order valence-corrected chi connectivity index (χ1v) is 9.90. The molecule has 0 amide bonds. The predicted octanol–water partition coefficient (Wildman–Crippen LogP) is 2.29. The van der Waals surface area contributed by atoms with Gasteiger partial charge >= 0.3 is 0 Å². The summed E-state index contributed by atoms with van der Waals surface area (Å²) in [6, 6.07) is 15.3. The van der Waals surface area contributed by atoms with Gasteiger partial charge in [0.15, 0.2) is 0 Å². The van der Waals surface area contributed by atoms with E-state index in [-0.39, 0.29) is 10.9 Å².